The van der Waals surface area contributed by atoms with E-state index >= 15 is 0 Å². The Hall–Kier alpha value is -0.870. The van der Waals surface area contributed by atoms with Crippen LogP contribution in [0, 0.1) is 5.41 Å². The van der Waals surface area contributed by atoms with Gasteiger partial charge in [-0.1, -0.05) is 13.8 Å². The van der Waals surface area contributed by atoms with Crippen molar-refractivity contribution in [2.75, 3.05) is 13.1 Å². The van der Waals surface area contributed by atoms with Crippen LogP contribution in [0.1, 0.15) is 32.3 Å². The quantitative estimate of drug-likeness (QED) is 0.912. The van der Waals surface area contributed by atoms with Crippen LogP contribution in [-0.2, 0) is 11.2 Å². The first-order valence-corrected chi connectivity index (χ1v) is 7.48. The van der Waals surface area contributed by atoms with E-state index in [1.165, 1.54) is 5.56 Å². The topological polar surface area (TPSA) is 46.3 Å². The molecule has 1 unspecified atom stereocenters. The number of likely N-dealkylation sites (tertiary alicyclic amines) is 1. The van der Waals surface area contributed by atoms with Crippen LogP contribution in [0.5, 0.6) is 0 Å². The van der Waals surface area contributed by atoms with E-state index in [0.29, 0.717) is 6.42 Å². The lowest BCUT2D eigenvalue weighted by atomic mass is 9.79. The Morgan fingerprint density at radius 2 is 2.39 bits per heavy atom. The van der Waals surface area contributed by atoms with Crippen molar-refractivity contribution in [1.82, 2.24) is 4.90 Å². The van der Waals surface area contributed by atoms with Crippen LogP contribution < -0.4 is 5.73 Å². The molecule has 4 heteroatoms. The highest BCUT2D eigenvalue weighted by molar-refractivity contribution is 7.07. The summed E-state index contributed by atoms with van der Waals surface area (Å²) in [6.45, 7) is 5.90. The van der Waals surface area contributed by atoms with Crippen LogP contribution in [0.3, 0.4) is 0 Å². The maximum atomic E-state index is 12.2. The first-order chi connectivity index (χ1) is 8.49. The summed E-state index contributed by atoms with van der Waals surface area (Å²) in [5, 5.41) is 4.17. The molecule has 1 aromatic rings. The summed E-state index contributed by atoms with van der Waals surface area (Å²) >= 11 is 1.69. The Labute approximate surface area is 113 Å². The third kappa shape index (κ3) is 3.12. The SMILES string of the molecule is CC1(C)CN(C(=O)CCc2ccsc2)CCC1N. The van der Waals surface area contributed by atoms with E-state index in [-0.39, 0.29) is 17.4 Å². The first kappa shape index (κ1) is 13.6. The summed E-state index contributed by atoms with van der Waals surface area (Å²) in [6, 6.07) is 2.30. The minimum absolute atomic E-state index is 0.0380. The van der Waals surface area contributed by atoms with Gasteiger partial charge >= 0.3 is 0 Å². The van der Waals surface area contributed by atoms with Crippen LogP contribution in [0.15, 0.2) is 16.8 Å². The number of carbonyl (C=O) groups excluding carboxylic acids is 1. The molecule has 2 rings (SSSR count). The molecule has 1 aromatic heterocycles. The van der Waals surface area contributed by atoms with Crippen LogP contribution in [0.2, 0.25) is 0 Å². The fourth-order valence-electron chi connectivity index (χ4n) is 2.43. The van der Waals surface area contributed by atoms with Gasteiger partial charge in [0.05, 0.1) is 0 Å². The van der Waals surface area contributed by atoms with Crippen LogP contribution in [-0.4, -0.2) is 29.9 Å². The summed E-state index contributed by atoms with van der Waals surface area (Å²) in [7, 11) is 0. The van der Waals surface area contributed by atoms with Gasteiger partial charge in [-0.25, -0.2) is 0 Å². The maximum Gasteiger partial charge on any atom is 0.222 e. The molecule has 1 atom stereocenters. The molecule has 0 spiro atoms. The normalized spacial score (nSPS) is 23.1. The van der Waals surface area contributed by atoms with Crippen molar-refractivity contribution >= 4 is 17.2 Å². The number of carbonyl (C=O) groups is 1. The van der Waals surface area contributed by atoms with E-state index in [0.717, 1.165) is 25.9 Å². The molecule has 100 valence electrons. The molecule has 1 aliphatic heterocycles. The molecule has 18 heavy (non-hydrogen) atoms. The van der Waals surface area contributed by atoms with E-state index in [1.807, 2.05) is 4.90 Å². The van der Waals surface area contributed by atoms with Crippen molar-refractivity contribution in [1.29, 1.82) is 0 Å². The summed E-state index contributed by atoms with van der Waals surface area (Å²) in [4.78, 5) is 14.2. The van der Waals surface area contributed by atoms with Crippen LogP contribution in [0.25, 0.3) is 0 Å². The van der Waals surface area contributed by atoms with Gasteiger partial charge in [-0.15, -0.1) is 0 Å². The Morgan fingerprint density at radius 3 is 3.00 bits per heavy atom. The minimum atomic E-state index is 0.0380. The molecule has 1 amide bonds. The van der Waals surface area contributed by atoms with E-state index in [1.54, 1.807) is 11.3 Å². The van der Waals surface area contributed by atoms with E-state index in [4.69, 9.17) is 5.73 Å². The van der Waals surface area contributed by atoms with Crippen molar-refractivity contribution in [2.45, 2.75) is 39.2 Å². The van der Waals surface area contributed by atoms with Crippen molar-refractivity contribution < 1.29 is 4.79 Å². The lowest BCUT2D eigenvalue weighted by Crippen LogP contribution is -2.54. The van der Waals surface area contributed by atoms with Gasteiger partial charge in [-0.05, 0) is 40.6 Å². The van der Waals surface area contributed by atoms with Crippen molar-refractivity contribution in [3.05, 3.63) is 22.4 Å². The number of thiophene rings is 1. The zero-order valence-electron chi connectivity index (χ0n) is 11.2. The molecule has 2 heterocycles. The number of hydrogen-bond donors (Lipinski definition) is 1. The predicted octanol–water partition coefficient (Wildman–Crippen LogP) is 2.27. The van der Waals surface area contributed by atoms with Gasteiger partial charge in [-0.3, -0.25) is 4.79 Å². The number of rotatable bonds is 3. The summed E-state index contributed by atoms with van der Waals surface area (Å²) < 4.78 is 0. The smallest absolute Gasteiger partial charge is 0.222 e. The second-order valence-corrected chi connectivity index (χ2v) is 6.61. The average molecular weight is 266 g/mol. The van der Waals surface area contributed by atoms with Crippen LogP contribution >= 0.6 is 11.3 Å². The number of amides is 1. The molecule has 0 radical (unpaired) electrons. The standard InChI is InChI=1S/C14H22N2OS/c1-14(2)10-16(7-5-12(14)15)13(17)4-3-11-6-8-18-9-11/h6,8-9,12H,3-5,7,10,15H2,1-2H3. The molecule has 1 aliphatic rings. The molecule has 3 nitrogen and oxygen atoms in total. The monoisotopic (exact) mass is 266 g/mol. The third-order valence-electron chi connectivity index (χ3n) is 3.87. The van der Waals surface area contributed by atoms with Crippen molar-refractivity contribution in [2.24, 2.45) is 11.1 Å². The Balaban J connectivity index is 1.86. The molecular weight excluding hydrogens is 244 g/mol. The van der Waals surface area contributed by atoms with Gasteiger partial charge in [-0.2, -0.15) is 11.3 Å². The second kappa shape index (κ2) is 5.41. The van der Waals surface area contributed by atoms with Crippen LogP contribution in [0.4, 0.5) is 0 Å². The summed E-state index contributed by atoms with van der Waals surface area (Å²) in [5.41, 5.74) is 7.39. The van der Waals surface area contributed by atoms with E-state index in [2.05, 4.69) is 30.7 Å². The minimum Gasteiger partial charge on any atom is -0.342 e. The lowest BCUT2D eigenvalue weighted by molar-refractivity contribution is -0.134. The van der Waals surface area contributed by atoms with Gasteiger partial charge in [0.15, 0.2) is 0 Å². The average Bonchev–Trinajstić information content (AvgIpc) is 2.82. The highest BCUT2D eigenvalue weighted by Crippen LogP contribution is 2.28. The molecule has 0 saturated carbocycles. The number of nitrogens with two attached hydrogens (primary N) is 1. The van der Waals surface area contributed by atoms with Gasteiger partial charge in [0, 0.05) is 25.6 Å². The molecular formula is C14H22N2OS. The molecule has 1 fully saturated rings. The largest absolute Gasteiger partial charge is 0.342 e. The zero-order chi connectivity index (χ0) is 13.2. The Bertz CT molecular complexity index is 400. The zero-order valence-corrected chi connectivity index (χ0v) is 12.0. The molecule has 2 N–H and O–H groups in total. The van der Waals surface area contributed by atoms with Gasteiger partial charge in [0.1, 0.15) is 0 Å². The fourth-order valence-corrected chi connectivity index (χ4v) is 3.13. The third-order valence-corrected chi connectivity index (χ3v) is 4.60. The number of hydrogen-bond acceptors (Lipinski definition) is 3. The lowest BCUT2D eigenvalue weighted by Gasteiger charge is -2.42. The maximum absolute atomic E-state index is 12.2. The highest BCUT2D eigenvalue weighted by Gasteiger charge is 2.34. The Kier molecular flexibility index (Phi) is 4.07. The highest BCUT2D eigenvalue weighted by atomic mass is 32.1. The molecule has 0 aromatic carbocycles. The first-order valence-electron chi connectivity index (χ1n) is 6.53. The number of nitrogens with zero attached hydrogens (tertiary/aromatic N) is 1. The summed E-state index contributed by atoms with van der Waals surface area (Å²) in [5.74, 6) is 0.265. The molecule has 0 aliphatic carbocycles. The van der Waals surface area contributed by atoms with Gasteiger partial charge in [0.25, 0.3) is 0 Å². The van der Waals surface area contributed by atoms with E-state index in [9.17, 15) is 4.79 Å². The fraction of sp³-hybridized carbons (Fsp3) is 0.643. The van der Waals surface area contributed by atoms with Crippen molar-refractivity contribution in [3.8, 4) is 0 Å². The number of aryl methyl sites for hydroxylation is 1. The van der Waals surface area contributed by atoms with Gasteiger partial charge in [0.2, 0.25) is 5.91 Å². The molecule has 1 saturated heterocycles. The second-order valence-electron chi connectivity index (χ2n) is 5.83. The number of piperidine rings is 1. The Morgan fingerprint density at radius 1 is 1.61 bits per heavy atom. The molecule has 0 bridgehead atoms. The van der Waals surface area contributed by atoms with E-state index < -0.39 is 0 Å². The predicted molar refractivity (Wildman–Crippen MR) is 75.6 cm³/mol. The summed E-state index contributed by atoms with van der Waals surface area (Å²) in [6.07, 6.45) is 2.38. The van der Waals surface area contributed by atoms with Crippen molar-refractivity contribution in [3.63, 3.8) is 0 Å². The van der Waals surface area contributed by atoms with Gasteiger partial charge < -0.3 is 10.6 Å².